The zero-order valence-electron chi connectivity index (χ0n) is 16.1. The van der Waals surface area contributed by atoms with Gasteiger partial charge in [0.1, 0.15) is 6.17 Å². The van der Waals surface area contributed by atoms with Crippen molar-refractivity contribution in [2.75, 3.05) is 38.1 Å². The molecule has 2 fully saturated rings. The zero-order chi connectivity index (χ0) is 19.7. The Morgan fingerprint density at radius 2 is 1.74 bits per heavy atom. The van der Waals surface area contributed by atoms with E-state index in [0.717, 1.165) is 31.5 Å². The molecule has 0 saturated carbocycles. The Morgan fingerprint density at radius 1 is 1.11 bits per heavy atom. The van der Waals surface area contributed by atoms with Crippen molar-refractivity contribution >= 4 is 5.69 Å². The quantitative estimate of drug-likeness (QED) is 0.781. The van der Waals surface area contributed by atoms with E-state index in [4.69, 9.17) is 0 Å². The predicted molar refractivity (Wildman–Crippen MR) is 99.8 cm³/mol. The maximum atomic E-state index is 13.5. The first-order chi connectivity index (χ1) is 12.7. The van der Waals surface area contributed by atoms with E-state index in [0.29, 0.717) is 19.6 Å². The normalized spacial score (nSPS) is 22.2. The number of hydrogen-bond acceptors (Lipinski definition) is 3. The molecule has 152 valence electrons. The predicted octanol–water partition coefficient (Wildman–Crippen LogP) is 4.22. The minimum Gasteiger partial charge on any atom is -0.371 e. The Kier molecular flexibility index (Phi) is 6.01. The number of likely N-dealkylation sites (tertiary alicyclic amines) is 1. The van der Waals surface area contributed by atoms with Crippen LogP contribution in [-0.4, -0.2) is 49.8 Å². The van der Waals surface area contributed by atoms with Crippen molar-refractivity contribution in [2.24, 2.45) is 0 Å². The summed E-state index contributed by atoms with van der Waals surface area (Å²) in [5.74, 6) is 0. The Balaban J connectivity index is 1.76. The molecule has 1 aromatic rings. The van der Waals surface area contributed by atoms with E-state index in [1.54, 1.807) is 17.0 Å². The largest absolute Gasteiger partial charge is 0.418 e. The summed E-state index contributed by atoms with van der Waals surface area (Å²) >= 11 is 0. The van der Waals surface area contributed by atoms with Gasteiger partial charge in [0.15, 0.2) is 0 Å². The van der Waals surface area contributed by atoms with Gasteiger partial charge >= 0.3 is 6.18 Å². The highest BCUT2D eigenvalue weighted by atomic mass is 19.4. The standard InChI is InChI=1S/C20H29F4N3/c1-19(25-2)7-11-26(12-8-19)14-15-3-4-17(20(22,23)24)18(13-15)27-9-5-16(21)6-10-27/h3-4,13,16,25H,5-12,14H2,1-2H3. The number of benzene rings is 1. The molecule has 0 amide bonds. The van der Waals surface area contributed by atoms with Crippen molar-refractivity contribution in [1.29, 1.82) is 0 Å². The third kappa shape index (κ3) is 4.93. The lowest BCUT2D eigenvalue weighted by Crippen LogP contribution is -2.49. The maximum absolute atomic E-state index is 13.5. The summed E-state index contributed by atoms with van der Waals surface area (Å²) in [7, 11) is 1.97. The summed E-state index contributed by atoms with van der Waals surface area (Å²) in [5, 5.41) is 3.36. The van der Waals surface area contributed by atoms with E-state index >= 15 is 0 Å². The molecule has 0 atom stereocenters. The molecule has 2 saturated heterocycles. The first kappa shape index (κ1) is 20.4. The number of halogens is 4. The molecule has 2 aliphatic heterocycles. The lowest BCUT2D eigenvalue weighted by molar-refractivity contribution is -0.137. The number of alkyl halides is 4. The Labute approximate surface area is 158 Å². The summed E-state index contributed by atoms with van der Waals surface area (Å²) in [4.78, 5) is 3.98. The molecule has 2 aliphatic rings. The van der Waals surface area contributed by atoms with Gasteiger partial charge in [-0.2, -0.15) is 13.2 Å². The van der Waals surface area contributed by atoms with Crippen LogP contribution in [0.15, 0.2) is 18.2 Å². The molecule has 2 heterocycles. The maximum Gasteiger partial charge on any atom is 0.418 e. The number of nitrogens with zero attached hydrogens (tertiary/aromatic N) is 2. The molecule has 0 spiro atoms. The Morgan fingerprint density at radius 3 is 2.30 bits per heavy atom. The molecule has 0 aliphatic carbocycles. The molecule has 1 aromatic carbocycles. The van der Waals surface area contributed by atoms with Gasteiger partial charge in [-0.05, 0) is 57.4 Å². The lowest BCUT2D eigenvalue weighted by atomic mass is 9.89. The second-order valence-corrected chi connectivity index (χ2v) is 8.10. The molecule has 3 nitrogen and oxygen atoms in total. The minimum atomic E-state index is -4.40. The third-order valence-corrected chi connectivity index (χ3v) is 6.10. The SMILES string of the molecule is CNC1(C)CCN(Cc2ccc(C(F)(F)F)c(N3CCC(F)CC3)c2)CC1. The molecule has 7 heteroatoms. The van der Waals surface area contributed by atoms with Gasteiger partial charge in [0.2, 0.25) is 0 Å². The number of anilines is 1. The fourth-order valence-electron chi connectivity index (χ4n) is 3.98. The molecule has 27 heavy (non-hydrogen) atoms. The third-order valence-electron chi connectivity index (χ3n) is 6.10. The van der Waals surface area contributed by atoms with Crippen molar-refractivity contribution in [2.45, 2.75) is 57.0 Å². The highest BCUT2D eigenvalue weighted by Gasteiger charge is 2.36. The van der Waals surface area contributed by atoms with Crippen LogP contribution in [0.2, 0.25) is 0 Å². The van der Waals surface area contributed by atoms with E-state index in [1.165, 1.54) is 6.07 Å². The van der Waals surface area contributed by atoms with E-state index < -0.39 is 17.9 Å². The average molecular weight is 387 g/mol. The van der Waals surface area contributed by atoms with Gasteiger partial charge in [-0.1, -0.05) is 6.07 Å². The summed E-state index contributed by atoms with van der Waals surface area (Å²) in [6.45, 7) is 5.34. The van der Waals surface area contributed by atoms with Gasteiger partial charge in [-0.3, -0.25) is 4.90 Å². The van der Waals surface area contributed by atoms with E-state index in [2.05, 4.69) is 17.1 Å². The minimum absolute atomic E-state index is 0.137. The van der Waals surface area contributed by atoms with Crippen molar-refractivity contribution in [1.82, 2.24) is 10.2 Å². The van der Waals surface area contributed by atoms with Crippen molar-refractivity contribution < 1.29 is 17.6 Å². The van der Waals surface area contributed by atoms with Gasteiger partial charge in [-0.15, -0.1) is 0 Å². The van der Waals surface area contributed by atoms with Gasteiger partial charge in [-0.25, -0.2) is 4.39 Å². The number of nitrogens with one attached hydrogen (secondary N) is 1. The highest BCUT2D eigenvalue weighted by Crippen LogP contribution is 2.38. The molecular formula is C20H29F4N3. The summed E-state index contributed by atoms with van der Waals surface area (Å²) in [5.41, 5.74) is 0.598. The molecule has 0 radical (unpaired) electrons. The fourth-order valence-corrected chi connectivity index (χ4v) is 3.98. The summed E-state index contributed by atoms with van der Waals surface area (Å²) in [6.07, 6.45) is -2.71. The van der Waals surface area contributed by atoms with Crippen LogP contribution < -0.4 is 10.2 Å². The van der Waals surface area contributed by atoms with Crippen LogP contribution in [0.4, 0.5) is 23.2 Å². The highest BCUT2D eigenvalue weighted by molar-refractivity contribution is 5.57. The van der Waals surface area contributed by atoms with Crippen LogP contribution in [0.1, 0.15) is 43.7 Å². The van der Waals surface area contributed by atoms with Gasteiger partial charge < -0.3 is 10.2 Å². The Bertz CT molecular complexity index is 631. The van der Waals surface area contributed by atoms with Crippen LogP contribution in [0.5, 0.6) is 0 Å². The number of rotatable bonds is 4. The van der Waals surface area contributed by atoms with Crippen LogP contribution >= 0.6 is 0 Å². The van der Waals surface area contributed by atoms with E-state index in [1.807, 2.05) is 7.05 Å². The molecular weight excluding hydrogens is 358 g/mol. The van der Waals surface area contributed by atoms with Gasteiger partial charge in [0.05, 0.1) is 5.56 Å². The molecule has 1 N–H and O–H groups in total. The van der Waals surface area contributed by atoms with Crippen LogP contribution in [0.25, 0.3) is 0 Å². The first-order valence-corrected chi connectivity index (χ1v) is 9.71. The van der Waals surface area contributed by atoms with E-state index in [9.17, 15) is 17.6 Å². The fraction of sp³-hybridized carbons (Fsp3) is 0.700. The van der Waals surface area contributed by atoms with E-state index in [-0.39, 0.29) is 24.1 Å². The second-order valence-electron chi connectivity index (χ2n) is 8.10. The van der Waals surface area contributed by atoms with Crippen molar-refractivity contribution in [3.63, 3.8) is 0 Å². The van der Waals surface area contributed by atoms with Crippen LogP contribution in [0.3, 0.4) is 0 Å². The summed E-state index contributed by atoms with van der Waals surface area (Å²) < 4.78 is 53.9. The smallest absolute Gasteiger partial charge is 0.371 e. The monoisotopic (exact) mass is 387 g/mol. The van der Waals surface area contributed by atoms with Gasteiger partial charge in [0.25, 0.3) is 0 Å². The second kappa shape index (κ2) is 7.95. The Hall–Kier alpha value is -1.34. The molecule has 0 unspecified atom stereocenters. The number of piperidine rings is 2. The van der Waals surface area contributed by atoms with Crippen LogP contribution in [-0.2, 0) is 12.7 Å². The van der Waals surface area contributed by atoms with Crippen molar-refractivity contribution in [3.8, 4) is 0 Å². The lowest BCUT2D eigenvalue weighted by Gasteiger charge is -2.39. The van der Waals surface area contributed by atoms with Crippen molar-refractivity contribution in [3.05, 3.63) is 29.3 Å². The zero-order valence-corrected chi connectivity index (χ0v) is 16.1. The average Bonchev–Trinajstić information content (AvgIpc) is 2.63. The molecule has 0 bridgehead atoms. The molecule has 3 rings (SSSR count). The summed E-state index contributed by atoms with van der Waals surface area (Å²) in [6, 6.07) is 4.43. The molecule has 0 aromatic heterocycles. The van der Waals surface area contributed by atoms with Crippen LogP contribution in [0, 0.1) is 0 Å². The first-order valence-electron chi connectivity index (χ1n) is 9.71. The van der Waals surface area contributed by atoms with Gasteiger partial charge in [0, 0.05) is 44.0 Å². The number of hydrogen-bond donors (Lipinski definition) is 1. The topological polar surface area (TPSA) is 18.5 Å².